The highest BCUT2D eigenvalue weighted by molar-refractivity contribution is 5.98. The number of nitrogen functional groups attached to an aromatic ring is 1. The van der Waals surface area contributed by atoms with E-state index in [4.69, 9.17) is 15.2 Å². The van der Waals surface area contributed by atoms with E-state index in [0.717, 1.165) is 5.56 Å². The number of nitrogens with two attached hydrogens (primary N) is 1. The van der Waals surface area contributed by atoms with Crippen molar-refractivity contribution in [2.75, 3.05) is 18.9 Å². The van der Waals surface area contributed by atoms with Crippen LogP contribution in [0.1, 0.15) is 22.8 Å². The third kappa shape index (κ3) is 3.75. The summed E-state index contributed by atoms with van der Waals surface area (Å²) in [6.07, 6.45) is 4.24. The number of nitrogens with zero attached hydrogens (tertiary/aromatic N) is 2. The number of aryl methyl sites for hydroxylation is 1. The van der Waals surface area contributed by atoms with Gasteiger partial charge in [-0.25, -0.2) is 4.79 Å². The molecule has 0 atom stereocenters. The molecule has 21 heavy (non-hydrogen) atoms. The van der Waals surface area contributed by atoms with Gasteiger partial charge in [0.25, 0.3) is 0 Å². The maximum Gasteiger partial charge on any atom is 0.344 e. The van der Waals surface area contributed by atoms with E-state index < -0.39 is 5.97 Å². The minimum absolute atomic E-state index is 0.268. The molecule has 0 radical (unpaired) electrons. The first-order chi connectivity index (χ1) is 10.1. The number of hydrogen-bond acceptors (Lipinski definition) is 5. The Bertz CT molecular complexity index is 622. The van der Waals surface area contributed by atoms with Crippen LogP contribution in [0, 0.1) is 0 Å². The first kappa shape index (κ1) is 14.9. The van der Waals surface area contributed by atoms with Crippen LogP contribution in [0.2, 0.25) is 0 Å². The zero-order valence-corrected chi connectivity index (χ0v) is 12.2. The van der Waals surface area contributed by atoms with Crippen molar-refractivity contribution in [3.05, 3.63) is 41.7 Å². The molecule has 0 saturated heterocycles. The fourth-order valence-corrected chi connectivity index (χ4v) is 1.98. The third-order valence-corrected chi connectivity index (χ3v) is 2.94. The topological polar surface area (TPSA) is 79.4 Å². The van der Waals surface area contributed by atoms with Crippen LogP contribution in [-0.2, 0) is 18.2 Å². The molecular formula is C15H19N3O3. The Morgan fingerprint density at radius 1 is 1.43 bits per heavy atom. The maximum absolute atomic E-state index is 12.2. The van der Waals surface area contributed by atoms with Gasteiger partial charge in [0.1, 0.15) is 11.3 Å². The zero-order valence-electron chi connectivity index (χ0n) is 12.2. The van der Waals surface area contributed by atoms with Gasteiger partial charge in [-0.2, -0.15) is 5.10 Å². The van der Waals surface area contributed by atoms with Gasteiger partial charge in [-0.15, -0.1) is 0 Å². The Morgan fingerprint density at radius 3 is 2.90 bits per heavy atom. The van der Waals surface area contributed by atoms with Crippen molar-refractivity contribution in [1.82, 2.24) is 9.78 Å². The lowest BCUT2D eigenvalue weighted by Crippen LogP contribution is -2.12. The number of aromatic nitrogens is 2. The highest BCUT2D eigenvalue weighted by Crippen LogP contribution is 2.25. The van der Waals surface area contributed by atoms with Crippen LogP contribution in [0.4, 0.5) is 5.69 Å². The molecule has 1 aromatic carbocycles. The van der Waals surface area contributed by atoms with Gasteiger partial charge in [0, 0.05) is 25.4 Å². The molecule has 1 heterocycles. The van der Waals surface area contributed by atoms with Crippen LogP contribution in [0.3, 0.4) is 0 Å². The summed E-state index contributed by atoms with van der Waals surface area (Å²) in [4.78, 5) is 12.2. The van der Waals surface area contributed by atoms with Gasteiger partial charge in [-0.3, -0.25) is 4.68 Å². The summed E-state index contributed by atoms with van der Waals surface area (Å²) in [5.41, 5.74) is 7.49. The monoisotopic (exact) mass is 289 g/mol. The van der Waals surface area contributed by atoms with Gasteiger partial charge in [-0.05, 0) is 24.6 Å². The van der Waals surface area contributed by atoms with E-state index in [2.05, 4.69) is 5.10 Å². The van der Waals surface area contributed by atoms with Crippen molar-refractivity contribution in [2.45, 2.75) is 13.3 Å². The van der Waals surface area contributed by atoms with Crippen LogP contribution in [-0.4, -0.2) is 29.0 Å². The highest BCUT2D eigenvalue weighted by Gasteiger charge is 2.17. The van der Waals surface area contributed by atoms with E-state index in [9.17, 15) is 4.79 Å². The molecule has 0 unspecified atom stereocenters. The van der Waals surface area contributed by atoms with E-state index in [-0.39, 0.29) is 12.2 Å². The summed E-state index contributed by atoms with van der Waals surface area (Å²) < 4.78 is 12.4. The van der Waals surface area contributed by atoms with Crippen molar-refractivity contribution in [3.63, 3.8) is 0 Å². The Morgan fingerprint density at radius 2 is 2.24 bits per heavy atom. The van der Waals surface area contributed by atoms with E-state index in [1.54, 1.807) is 29.1 Å². The molecule has 0 aliphatic rings. The van der Waals surface area contributed by atoms with Crippen LogP contribution in [0.25, 0.3) is 0 Å². The summed E-state index contributed by atoms with van der Waals surface area (Å²) in [7, 11) is 1.84. The average molecular weight is 289 g/mol. The van der Waals surface area contributed by atoms with Gasteiger partial charge in [-0.1, -0.05) is 6.07 Å². The molecule has 0 aliphatic heterocycles. The van der Waals surface area contributed by atoms with E-state index in [0.29, 0.717) is 24.5 Å². The number of esters is 1. The van der Waals surface area contributed by atoms with Crippen molar-refractivity contribution in [1.29, 1.82) is 0 Å². The van der Waals surface area contributed by atoms with E-state index in [1.165, 1.54) is 0 Å². The van der Waals surface area contributed by atoms with E-state index in [1.807, 2.05) is 20.2 Å². The lowest BCUT2D eigenvalue weighted by molar-refractivity contribution is 0.0506. The molecule has 1 aromatic heterocycles. The third-order valence-electron chi connectivity index (χ3n) is 2.94. The molecule has 2 rings (SSSR count). The van der Waals surface area contributed by atoms with Crippen LogP contribution >= 0.6 is 0 Å². The van der Waals surface area contributed by atoms with Gasteiger partial charge in [0.05, 0.1) is 19.4 Å². The van der Waals surface area contributed by atoms with Gasteiger partial charge < -0.3 is 15.2 Å². The van der Waals surface area contributed by atoms with Crippen molar-refractivity contribution >= 4 is 11.7 Å². The number of benzene rings is 1. The standard InChI is InChI=1S/C15H19N3O3/c1-3-20-13-6-4-5-12(16)14(13)15(19)21-8-7-11-9-17-18(2)10-11/h4-6,9-10H,3,7-8,16H2,1-2H3. The lowest BCUT2D eigenvalue weighted by Gasteiger charge is -2.11. The van der Waals surface area contributed by atoms with E-state index >= 15 is 0 Å². The smallest absolute Gasteiger partial charge is 0.344 e. The number of anilines is 1. The molecule has 112 valence electrons. The first-order valence-electron chi connectivity index (χ1n) is 6.77. The summed E-state index contributed by atoms with van der Waals surface area (Å²) in [5.74, 6) is -0.0238. The minimum atomic E-state index is -0.472. The van der Waals surface area contributed by atoms with Gasteiger partial charge in [0.2, 0.25) is 0 Å². The molecule has 2 N–H and O–H groups in total. The molecule has 0 spiro atoms. The maximum atomic E-state index is 12.2. The molecule has 2 aromatic rings. The minimum Gasteiger partial charge on any atom is -0.493 e. The largest absolute Gasteiger partial charge is 0.493 e. The number of carbonyl (C=O) groups excluding carboxylic acids is 1. The Kier molecular flexibility index (Phi) is 4.81. The van der Waals surface area contributed by atoms with Gasteiger partial charge >= 0.3 is 5.97 Å². The van der Waals surface area contributed by atoms with Gasteiger partial charge in [0.15, 0.2) is 0 Å². The second-order valence-corrected chi connectivity index (χ2v) is 4.56. The number of ether oxygens (including phenoxy) is 2. The fraction of sp³-hybridized carbons (Fsp3) is 0.333. The SMILES string of the molecule is CCOc1cccc(N)c1C(=O)OCCc1cnn(C)c1. The van der Waals surface area contributed by atoms with Crippen molar-refractivity contribution in [2.24, 2.45) is 7.05 Å². The molecule has 0 bridgehead atoms. The second-order valence-electron chi connectivity index (χ2n) is 4.56. The molecule has 6 heteroatoms. The molecule has 0 amide bonds. The quantitative estimate of drug-likeness (QED) is 0.648. The molecule has 0 aliphatic carbocycles. The Balaban J connectivity index is 2.00. The molecule has 0 saturated carbocycles. The molecule has 0 fully saturated rings. The average Bonchev–Trinajstić information content (AvgIpc) is 2.85. The highest BCUT2D eigenvalue weighted by atomic mass is 16.5. The summed E-state index contributed by atoms with van der Waals surface area (Å²) in [6.45, 7) is 2.57. The second kappa shape index (κ2) is 6.78. The molecular weight excluding hydrogens is 270 g/mol. The van der Waals surface area contributed by atoms with Crippen LogP contribution in [0.15, 0.2) is 30.6 Å². The predicted octanol–water partition coefficient (Wildman–Crippen LogP) is 1.80. The number of rotatable bonds is 6. The Hall–Kier alpha value is -2.50. The number of carbonyl (C=O) groups is 1. The summed E-state index contributed by atoms with van der Waals surface area (Å²) >= 11 is 0. The van der Waals surface area contributed by atoms with Crippen LogP contribution in [0.5, 0.6) is 5.75 Å². The summed E-state index contributed by atoms with van der Waals surface area (Å²) in [6, 6.07) is 5.10. The first-order valence-corrected chi connectivity index (χ1v) is 6.77. The normalized spacial score (nSPS) is 10.4. The fourth-order valence-electron chi connectivity index (χ4n) is 1.98. The van der Waals surface area contributed by atoms with Crippen molar-refractivity contribution < 1.29 is 14.3 Å². The number of hydrogen-bond donors (Lipinski definition) is 1. The Labute approximate surface area is 123 Å². The van der Waals surface area contributed by atoms with Crippen molar-refractivity contribution in [3.8, 4) is 5.75 Å². The van der Waals surface area contributed by atoms with Crippen LogP contribution < -0.4 is 10.5 Å². The zero-order chi connectivity index (χ0) is 15.2. The lowest BCUT2D eigenvalue weighted by atomic mass is 10.1. The predicted molar refractivity (Wildman–Crippen MR) is 79.2 cm³/mol. The summed E-state index contributed by atoms with van der Waals surface area (Å²) in [5, 5.41) is 4.06. The molecule has 6 nitrogen and oxygen atoms in total.